The number of aromatic nitrogens is 2. The molecule has 0 saturated heterocycles. The van der Waals surface area contributed by atoms with E-state index < -0.39 is 0 Å². The molecule has 0 fully saturated rings. The molecule has 0 bridgehead atoms. The van der Waals surface area contributed by atoms with Crippen molar-refractivity contribution in [3.63, 3.8) is 0 Å². The summed E-state index contributed by atoms with van der Waals surface area (Å²) in [4.78, 5) is 12.2. The van der Waals surface area contributed by atoms with Crippen LogP contribution in [0.4, 0.5) is 16.2 Å². The monoisotopic (exact) mass is 362 g/mol. The lowest BCUT2D eigenvalue weighted by atomic mass is 10.1. The van der Waals surface area contributed by atoms with Gasteiger partial charge in [-0.25, -0.2) is 4.79 Å². The Morgan fingerprint density at radius 1 is 0.926 bits per heavy atom. The fourth-order valence-corrected chi connectivity index (χ4v) is 2.66. The SMILES string of the molecule is CCOc1ccc(-c2ccc(NC(=O)Nc3ccccc3CC)cc2)nn1. The van der Waals surface area contributed by atoms with Crippen molar-refractivity contribution in [1.82, 2.24) is 10.2 Å². The number of rotatable bonds is 6. The lowest BCUT2D eigenvalue weighted by molar-refractivity contribution is 0.262. The minimum atomic E-state index is -0.274. The van der Waals surface area contributed by atoms with Crippen LogP contribution in [0.15, 0.2) is 60.7 Å². The molecule has 0 aliphatic carbocycles. The highest BCUT2D eigenvalue weighted by molar-refractivity contribution is 6.00. The molecule has 0 saturated carbocycles. The zero-order chi connectivity index (χ0) is 19.1. The van der Waals surface area contributed by atoms with Gasteiger partial charge in [-0.2, -0.15) is 0 Å². The first-order valence-corrected chi connectivity index (χ1v) is 8.92. The molecule has 2 aromatic carbocycles. The van der Waals surface area contributed by atoms with Crippen LogP contribution in [0.2, 0.25) is 0 Å². The summed E-state index contributed by atoms with van der Waals surface area (Å²) in [6.07, 6.45) is 0.855. The molecular formula is C21H22N4O2. The van der Waals surface area contributed by atoms with E-state index in [-0.39, 0.29) is 6.03 Å². The Bertz CT molecular complexity index is 893. The number of anilines is 2. The van der Waals surface area contributed by atoms with Crippen LogP contribution in [0, 0.1) is 0 Å². The van der Waals surface area contributed by atoms with Crippen LogP contribution in [-0.4, -0.2) is 22.8 Å². The summed E-state index contributed by atoms with van der Waals surface area (Å²) in [5, 5.41) is 13.9. The number of nitrogens with zero attached hydrogens (tertiary/aromatic N) is 2. The molecule has 1 heterocycles. The van der Waals surface area contributed by atoms with E-state index in [0.717, 1.165) is 28.9 Å². The zero-order valence-corrected chi connectivity index (χ0v) is 15.4. The van der Waals surface area contributed by atoms with Gasteiger partial charge in [0, 0.05) is 23.0 Å². The first kappa shape index (κ1) is 18.4. The third-order valence-corrected chi connectivity index (χ3v) is 4.02. The van der Waals surface area contributed by atoms with E-state index in [9.17, 15) is 4.79 Å². The molecule has 0 radical (unpaired) electrons. The number of hydrogen-bond acceptors (Lipinski definition) is 4. The van der Waals surface area contributed by atoms with Crippen LogP contribution in [0.1, 0.15) is 19.4 Å². The van der Waals surface area contributed by atoms with Crippen molar-refractivity contribution < 1.29 is 9.53 Å². The van der Waals surface area contributed by atoms with Crippen molar-refractivity contribution in [2.75, 3.05) is 17.2 Å². The number of amides is 2. The van der Waals surface area contributed by atoms with Crippen LogP contribution in [0.5, 0.6) is 5.88 Å². The van der Waals surface area contributed by atoms with E-state index in [1.165, 1.54) is 0 Å². The summed E-state index contributed by atoms with van der Waals surface area (Å²) in [5.41, 5.74) is 4.26. The molecule has 0 unspecified atom stereocenters. The lowest BCUT2D eigenvalue weighted by Crippen LogP contribution is -2.20. The van der Waals surface area contributed by atoms with Crippen LogP contribution in [-0.2, 0) is 6.42 Å². The van der Waals surface area contributed by atoms with Gasteiger partial charge in [0.15, 0.2) is 0 Å². The molecule has 0 spiro atoms. The first-order valence-electron chi connectivity index (χ1n) is 8.92. The highest BCUT2D eigenvalue weighted by Gasteiger charge is 2.07. The Morgan fingerprint density at radius 3 is 2.37 bits per heavy atom. The van der Waals surface area contributed by atoms with Gasteiger partial charge in [0.1, 0.15) is 0 Å². The van der Waals surface area contributed by atoms with Gasteiger partial charge in [0.2, 0.25) is 5.88 Å². The molecule has 0 aliphatic rings. The van der Waals surface area contributed by atoms with E-state index in [4.69, 9.17) is 4.74 Å². The topological polar surface area (TPSA) is 76.1 Å². The Kier molecular flexibility index (Phi) is 5.99. The second-order valence-corrected chi connectivity index (χ2v) is 5.86. The number of para-hydroxylation sites is 1. The first-order chi connectivity index (χ1) is 13.2. The Morgan fingerprint density at radius 2 is 1.70 bits per heavy atom. The summed E-state index contributed by atoms with van der Waals surface area (Å²) in [6.45, 7) is 4.51. The normalized spacial score (nSPS) is 10.3. The zero-order valence-electron chi connectivity index (χ0n) is 15.4. The number of ether oxygens (including phenoxy) is 1. The molecule has 6 nitrogen and oxygen atoms in total. The van der Waals surface area contributed by atoms with E-state index in [0.29, 0.717) is 18.2 Å². The van der Waals surface area contributed by atoms with Crippen molar-refractivity contribution in [2.45, 2.75) is 20.3 Å². The second-order valence-electron chi connectivity index (χ2n) is 5.86. The quantitative estimate of drug-likeness (QED) is 0.663. The van der Waals surface area contributed by atoms with Gasteiger partial charge in [0.25, 0.3) is 0 Å². The molecule has 6 heteroatoms. The Balaban J connectivity index is 1.64. The van der Waals surface area contributed by atoms with Gasteiger partial charge in [0.05, 0.1) is 12.3 Å². The highest BCUT2D eigenvalue weighted by atomic mass is 16.5. The third kappa shape index (κ3) is 4.82. The lowest BCUT2D eigenvalue weighted by Gasteiger charge is -2.11. The van der Waals surface area contributed by atoms with E-state index in [1.54, 1.807) is 6.07 Å². The minimum Gasteiger partial charge on any atom is -0.477 e. The molecule has 1 aromatic heterocycles. The molecular weight excluding hydrogens is 340 g/mol. The number of hydrogen-bond donors (Lipinski definition) is 2. The van der Waals surface area contributed by atoms with E-state index >= 15 is 0 Å². The fraction of sp³-hybridized carbons (Fsp3) is 0.190. The van der Waals surface area contributed by atoms with Gasteiger partial charge in [-0.05, 0) is 43.2 Å². The van der Waals surface area contributed by atoms with Crippen molar-refractivity contribution in [1.29, 1.82) is 0 Å². The average Bonchev–Trinajstić information content (AvgIpc) is 2.70. The minimum absolute atomic E-state index is 0.274. The molecule has 3 aromatic rings. The van der Waals surface area contributed by atoms with Crippen LogP contribution >= 0.6 is 0 Å². The Labute approximate surface area is 158 Å². The van der Waals surface area contributed by atoms with Crippen molar-refractivity contribution in [3.8, 4) is 17.1 Å². The van der Waals surface area contributed by atoms with E-state index in [1.807, 2.05) is 61.5 Å². The predicted octanol–water partition coefficient (Wildman–Crippen LogP) is 4.75. The molecule has 3 rings (SSSR count). The maximum Gasteiger partial charge on any atom is 0.323 e. The van der Waals surface area contributed by atoms with E-state index in [2.05, 4.69) is 27.8 Å². The number of benzene rings is 2. The smallest absolute Gasteiger partial charge is 0.323 e. The molecule has 2 N–H and O–H groups in total. The Hall–Kier alpha value is -3.41. The van der Waals surface area contributed by atoms with Crippen LogP contribution in [0.25, 0.3) is 11.3 Å². The molecule has 0 aliphatic heterocycles. The fourth-order valence-electron chi connectivity index (χ4n) is 2.66. The summed E-state index contributed by atoms with van der Waals surface area (Å²) in [6, 6.07) is 18.6. The maximum absolute atomic E-state index is 12.2. The summed E-state index contributed by atoms with van der Waals surface area (Å²) in [7, 11) is 0. The molecule has 0 atom stereocenters. The van der Waals surface area contributed by atoms with Crippen LogP contribution in [0.3, 0.4) is 0 Å². The maximum atomic E-state index is 12.2. The number of carbonyl (C=O) groups is 1. The average molecular weight is 362 g/mol. The number of carbonyl (C=O) groups excluding carboxylic acids is 1. The van der Waals surface area contributed by atoms with Crippen molar-refractivity contribution >= 4 is 17.4 Å². The summed E-state index contributed by atoms with van der Waals surface area (Å²) >= 11 is 0. The number of nitrogens with one attached hydrogen (secondary N) is 2. The highest BCUT2D eigenvalue weighted by Crippen LogP contribution is 2.21. The number of urea groups is 1. The summed E-state index contributed by atoms with van der Waals surface area (Å²) in [5.74, 6) is 0.503. The predicted molar refractivity (Wildman–Crippen MR) is 107 cm³/mol. The third-order valence-electron chi connectivity index (χ3n) is 4.02. The standard InChI is InChI=1S/C21H22N4O2/c1-3-15-7-5-6-8-18(15)23-21(26)22-17-11-9-16(10-12-17)19-13-14-20(25-24-19)27-4-2/h5-14H,3-4H2,1-2H3,(H2,22,23,26). The van der Waals surface area contributed by atoms with Gasteiger partial charge >= 0.3 is 6.03 Å². The van der Waals surface area contributed by atoms with Gasteiger partial charge in [-0.3, -0.25) is 0 Å². The largest absolute Gasteiger partial charge is 0.477 e. The van der Waals surface area contributed by atoms with Crippen LogP contribution < -0.4 is 15.4 Å². The van der Waals surface area contributed by atoms with Gasteiger partial charge < -0.3 is 15.4 Å². The molecule has 2 amide bonds. The van der Waals surface area contributed by atoms with Crippen molar-refractivity contribution in [2.24, 2.45) is 0 Å². The summed E-state index contributed by atoms with van der Waals surface area (Å²) < 4.78 is 5.30. The number of aryl methyl sites for hydroxylation is 1. The molecule has 27 heavy (non-hydrogen) atoms. The van der Waals surface area contributed by atoms with Crippen molar-refractivity contribution in [3.05, 3.63) is 66.2 Å². The van der Waals surface area contributed by atoms with Gasteiger partial charge in [-0.15, -0.1) is 10.2 Å². The second kappa shape index (κ2) is 8.80. The molecule has 138 valence electrons. The van der Waals surface area contributed by atoms with Gasteiger partial charge in [-0.1, -0.05) is 37.3 Å².